The van der Waals surface area contributed by atoms with Crippen molar-refractivity contribution in [1.29, 1.82) is 5.26 Å². The van der Waals surface area contributed by atoms with Gasteiger partial charge in [-0.05, 0) is 30.3 Å². The van der Waals surface area contributed by atoms with E-state index in [1.165, 1.54) is 0 Å². The summed E-state index contributed by atoms with van der Waals surface area (Å²) in [5, 5.41) is 14.3. The van der Waals surface area contributed by atoms with Gasteiger partial charge in [0.2, 0.25) is 5.82 Å². The van der Waals surface area contributed by atoms with Gasteiger partial charge >= 0.3 is 6.01 Å². The lowest BCUT2D eigenvalue weighted by atomic mass is 10.2. The molecule has 0 spiro atoms. The van der Waals surface area contributed by atoms with Gasteiger partial charge in [0.1, 0.15) is 11.9 Å². The molecule has 0 bridgehead atoms. The van der Waals surface area contributed by atoms with E-state index < -0.39 is 0 Å². The van der Waals surface area contributed by atoms with E-state index in [2.05, 4.69) is 26.1 Å². The Morgan fingerprint density at radius 2 is 1.74 bits per heavy atom. The highest BCUT2D eigenvalue weighted by Crippen LogP contribution is 2.27. The van der Waals surface area contributed by atoms with Crippen LogP contribution in [0, 0.1) is 11.3 Å². The van der Waals surface area contributed by atoms with E-state index in [4.69, 9.17) is 27.7 Å². The van der Waals surface area contributed by atoms with Crippen molar-refractivity contribution in [2.24, 2.45) is 0 Å². The molecule has 0 atom stereocenters. The second-order valence-electron chi connectivity index (χ2n) is 6.02. The van der Waals surface area contributed by atoms with Crippen molar-refractivity contribution in [2.45, 2.75) is 0 Å². The maximum Gasteiger partial charge on any atom is 0.324 e. The Balaban J connectivity index is 1.48. The standard InChI is InChI=1S/C18H14Cl2N6O/c19-14-8-13(9-15(20)10-14)16-23-18(27-24-16)26-6-4-25(5-7-26)17-12(11-21)2-1-3-22-17/h1-3,8-10H,4-7H2. The van der Waals surface area contributed by atoms with E-state index >= 15 is 0 Å². The first kappa shape index (κ1) is 17.6. The summed E-state index contributed by atoms with van der Waals surface area (Å²) < 4.78 is 5.42. The van der Waals surface area contributed by atoms with Crippen LogP contribution in [0.4, 0.5) is 11.8 Å². The highest BCUT2D eigenvalue weighted by Gasteiger charge is 2.24. The summed E-state index contributed by atoms with van der Waals surface area (Å²) >= 11 is 12.1. The molecule has 3 aromatic rings. The van der Waals surface area contributed by atoms with Crippen LogP contribution in [-0.4, -0.2) is 41.3 Å². The number of pyridine rings is 1. The van der Waals surface area contributed by atoms with Gasteiger partial charge in [0.05, 0.1) is 5.56 Å². The maximum absolute atomic E-state index is 9.25. The van der Waals surface area contributed by atoms with Gasteiger partial charge in [-0.1, -0.05) is 28.4 Å². The Bertz CT molecular complexity index is 987. The van der Waals surface area contributed by atoms with Crippen molar-refractivity contribution in [2.75, 3.05) is 36.0 Å². The smallest absolute Gasteiger partial charge is 0.324 e. The number of aromatic nitrogens is 3. The molecule has 0 amide bonds. The lowest BCUT2D eigenvalue weighted by molar-refractivity contribution is 0.409. The van der Waals surface area contributed by atoms with Crippen LogP contribution in [0.2, 0.25) is 10.0 Å². The number of halogens is 2. The van der Waals surface area contributed by atoms with E-state index in [0.717, 1.165) is 0 Å². The molecule has 0 saturated carbocycles. The molecule has 0 radical (unpaired) electrons. The number of benzene rings is 1. The van der Waals surface area contributed by atoms with E-state index in [0.29, 0.717) is 65.0 Å². The zero-order valence-electron chi connectivity index (χ0n) is 14.1. The summed E-state index contributed by atoms with van der Waals surface area (Å²) in [6.45, 7) is 2.76. The van der Waals surface area contributed by atoms with Gasteiger partial charge in [0.15, 0.2) is 0 Å². The van der Waals surface area contributed by atoms with Crippen molar-refractivity contribution in [3.05, 3.63) is 52.1 Å². The summed E-state index contributed by atoms with van der Waals surface area (Å²) in [6, 6.07) is 11.3. The van der Waals surface area contributed by atoms with Gasteiger partial charge in [-0.2, -0.15) is 10.2 Å². The summed E-state index contributed by atoms with van der Waals surface area (Å²) in [5.41, 5.74) is 1.28. The van der Waals surface area contributed by atoms with Gasteiger partial charge in [-0.3, -0.25) is 0 Å². The van der Waals surface area contributed by atoms with Gasteiger partial charge < -0.3 is 14.3 Å². The van der Waals surface area contributed by atoms with Crippen molar-refractivity contribution in [3.63, 3.8) is 0 Å². The normalized spacial score (nSPS) is 14.3. The third-order valence-electron chi connectivity index (χ3n) is 4.29. The molecule has 27 heavy (non-hydrogen) atoms. The fourth-order valence-corrected chi connectivity index (χ4v) is 3.52. The molecule has 1 fully saturated rings. The first-order valence-electron chi connectivity index (χ1n) is 8.29. The second-order valence-corrected chi connectivity index (χ2v) is 6.89. The minimum Gasteiger partial charge on any atom is -0.352 e. The Kier molecular flexibility index (Phi) is 4.84. The average molecular weight is 401 g/mol. The van der Waals surface area contributed by atoms with Gasteiger partial charge in [-0.15, -0.1) is 0 Å². The van der Waals surface area contributed by atoms with E-state index in [-0.39, 0.29) is 0 Å². The average Bonchev–Trinajstić information content (AvgIpc) is 3.18. The number of nitriles is 1. The van der Waals surface area contributed by atoms with Crippen LogP contribution < -0.4 is 9.80 Å². The molecule has 9 heteroatoms. The molecule has 7 nitrogen and oxygen atoms in total. The van der Waals surface area contributed by atoms with E-state index in [9.17, 15) is 5.26 Å². The lowest BCUT2D eigenvalue weighted by Gasteiger charge is -2.34. The number of hydrogen-bond donors (Lipinski definition) is 0. The van der Waals surface area contributed by atoms with Crippen LogP contribution in [0.3, 0.4) is 0 Å². The fraction of sp³-hybridized carbons (Fsp3) is 0.222. The maximum atomic E-state index is 9.25. The molecule has 3 heterocycles. The fourth-order valence-electron chi connectivity index (χ4n) is 2.99. The minimum atomic E-state index is 0.438. The summed E-state index contributed by atoms with van der Waals surface area (Å²) in [7, 11) is 0. The summed E-state index contributed by atoms with van der Waals surface area (Å²) in [4.78, 5) is 12.9. The molecule has 4 rings (SSSR count). The van der Waals surface area contributed by atoms with Crippen LogP contribution in [0.15, 0.2) is 41.1 Å². The SMILES string of the molecule is N#Cc1cccnc1N1CCN(c2nc(-c3cc(Cl)cc(Cl)c3)no2)CC1. The number of rotatable bonds is 3. The molecule has 2 aromatic heterocycles. The number of hydrogen-bond acceptors (Lipinski definition) is 7. The first-order valence-corrected chi connectivity index (χ1v) is 9.05. The molecule has 1 aliphatic rings. The van der Waals surface area contributed by atoms with Crippen LogP contribution in [-0.2, 0) is 0 Å². The third kappa shape index (κ3) is 3.68. The Hall–Kier alpha value is -2.82. The van der Waals surface area contributed by atoms with E-state index in [1.54, 1.807) is 36.5 Å². The predicted octanol–water partition coefficient (Wildman–Crippen LogP) is 3.64. The molecular weight excluding hydrogens is 387 g/mol. The first-order chi connectivity index (χ1) is 13.1. The minimum absolute atomic E-state index is 0.438. The highest BCUT2D eigenvalue weighted by atomic mass is 35.5. The lowest BCUT2D eigenvalue weighted by Crippen LogP contribution is -2.47. The molecule has 0 aliphatic carbocycles. The third-order valence-corrected chi connectivity index (χ3v) is 4.73. The predicted molar refractivity (Wildman–Crippen MR) is 103 cm³/mol. The van der Waals surface area contributed by atoms with Crippen molar-refractivity contribution < 1.29 is 4.52 Å². The Morgan fingerprint density at radius 1 is 1.04 bits per heavy atom. The van der Waals surface area contributed by atoms with Crippen LogP contribution in [0.1, 0.15) is 5.56 Å². The molecule has 0 N–H and O–H groups in total. The highest BCUT2D eigenvalue weighted by molar-refractivity contribution is 6.35. The number of piperazine rings is 1. The second kappa shape index (κ2) is 7.43. The van der Waals surface area contributed by atoms with Crippen LogP contribution in [0.5, 0.6) is 0 Å². The quantitative estimate of drug-likeness (QED) is 0.663. The van der Waals surface area contributed by atoms with Crippen LogP contribution >= 0.6 is 23.2 Å². The largest absolute Gasteiger partial charge is 0.352 e. The summed E-state index contributed by atoms with van der Waals surface area (Å²) in [6.07, 6.45) is 1.70. The van der Waals surface area contributed by atoms with Gasteiger partial charge in [-0.25, -0.2) is 4.98 Å². The van der Waals surface area contributed by atoms with Crippen molar-refractivity contribution in [1.82, 2.24) is 15.1 Å². The zero-order chi connectivity index (χ0) is 18.8. The zero-order valence-corrected chi connectivity index (χ0v) is 15.7. The monoisotopic (exact) mass is 400 g/mol. The number of nitrogens with zero attached hydrogens (tertiary/aromatic N) is 6. The van der Waals surface area contributed by atoms with Gasteiger partial charge in [0.25, 0.3) is 0 Å². The topological polar surface area (TPSA) is 82.1 Å². The molecule has 1 aliphatic heterocycles. The molecule has 1 aromatic carbocycles. The molecule has 1 saturated heterocycles. The Morgan fingerprint density at radius 3 is 2.44 bits per heavy atom. The van der Waals surface area contributed by atoms with Gasteiger partial charge in [0, 0.05) is 48.0 Å². The Labute approximate surface area is 165 Å². The van der Waals surface area contributed by atoms with Crippen LogP contribution in [0.25, 0.3) is 11.4 Å². The number of anilines is 2. The molecule has 136 valence electrons. The summed E-state index contributed by atoms with van der Waals surface area (Å²) in [5.74, 6) is 1.15. The van der Waals surface area contributed by atoms with Crippen molar-refractivity contribution in [3.8, 4) is 17.5 Å². The van der Waals surface area contributed by atoms with E-state index in [1.807, 2.05) is 4.90 Å². The molecular formula is C18H14Cl2N6O. The van der Waals surface area contributed by atoms with Crippen molar-refractivity contribution >= 4 is 35.0 Å². The molecule has 0 unspecified atom stereocenters.